The molecule has 0 unspecified atom stereocenters. The quantitative estimate of drug-likeness (QED) is 0.419. The number of hydrogen-bond donors (Lipinski definition) is 0. The minimum atomic E-state index is 1.03. The van der Waals surface area contributed by atoms with E-state index < -0.39 is 0 Å². The molecule has 11 heavy (non-hydrogen) atoms. The van der Waals surface area contributed by atoms with Gasteiger partial charge in [-0.05, 0) is 0 Å². The fraction of sp³-hybridized carbons (Fsp3) is 0.333. The van der Waals surface area contributed by atoms with Gasteiger partial charge in [-0.2, -0.15) is 11.8 Å². The monoisotopic (exact) mass is 269 g/mol. The van der Waals surface area contributed by atoms with Crippen molar-refractivity contribution in [2.75, 3.05) is 11.5 Å². The van der Waals surface area contributed by atoms with Crippen LogP contribution in [0.2, 0.25) is 3.98 Å². The van der Waals surface area contributed by atoms with Gasteiger partial charge in [0.2, 0.25) is 0 Å². The molecule has 0 bridgehead atoms. The molecule has 0 atom stereocenters. The summed E-state index contributed by atoms with van der Waals surface area (Å²) in [7, 11) is 0. The molecule has 0 saturated heterocycles. The Morgan fingerprint density at radius 2 is 1.36 bits per heavy atom. The summed E-state index contributed by atoms with van der Waals surface area (Å²) in [5.41, 5.74) is 0. The summed E-state index contributed by atoms with van der Waals surface area (Å²) in [4.78, 5) is 0. The Balaban J connectivity index is 0. The predicted octanol–water partition coefficient (Wildman–Crippen LogP) is 3.23. The summed E-state index contributed by atoms with van der Waals surface area (Å²) in [5.74, 6) is 2.07. The van der Waals surface area contributed by atoms with Crippen molar-refractivity contribution in [2.24, 2.45) is 0 Å². The summed E-state index contributed by atoms with van der Waals surface area (Å²) >= 11 is 2.91. The second-order valence-corrected chi connectivity index (χ2v) is 4.41. The van der Waals surface area contributed by atoms with Crippen LogP contribution in [0.4, 0.5) is 0 Å². The van der Waals surface area contributed by atoms with Crippen LogP contribution in [0.3, 0.4) is 0 Å². The van der Waals surface area contributed by atoms with Crippen molar-refractivity contribution in [3.05, 3.63) is 38.0 Å². The van der Waals surface area contributed by atoms with Crippen molar-refractivity contribution in [1.29, 1.82) is 0 Å². The number of thioether (sulfide) groups is 1. The first-order chi connectivity index (χ1) is 5.33. The molecule has 0 nitrogen and oxygen atoms in total. The summed E-state index contributed by atoms with van der Waals surface area (Å²) in [6, 6.07) is 0. The molecule has 0 spiro atoms. The van der Waals surface area contributed by atoms with E-state index in [-0.39, 0.29) is 0 Å². The maximum atomic E-state index is 3.58. The van der Waals surface area contributed by atoms with E-state index >= 15 is 0 Å². The fourth-order valence-electron chi connectivity index (χ4n) is 0.235. The third-order valence-electron chi connectivity index (χ3n) is 0.676. The van der Waals surface area contributed by atoms with Crippen LogP contribution in [0.15, 0.2) is 38.0 Å². The molecule has 59 valence electrons. The molecule has 0 aliphatic carbocycles. The fourth-order valence-corrected chi connectivity index (χ4v) is 0.704. The van der Waals surface area contributed by atoms with E-state index in [4.69, 9.17) is 0 Å². The Bertz CT molecular complexity index is 91.7. The van der Waals surface area contributed by atoms with Crippen LogP contribution < -0.4 is 0 Å². The summed E-state index contributed by atoms with van der Waals surface area (Å²) in [5, 5.41) is 0. The van der Waals surface area contributed by atoms with Gasteiger partial charge in [0, 0.05) is 11.5 Å². The van der Waals surface area contributed by atoms with E-state index in [0.29, 0.717) is 0 Å². The van der Waals surface area contributed by atoms with Gasteiger partial charge < -0.3 is 0 Å². The van der Waals surface area contributed by atoms with Crippen LogP contribution in [0.5, 0.6) is 0 Å². The van der Waals surface area contributed by atoms with E-state index in [1.165, 1.54) is 3.98 Å². The Morgan fingerprint density at radius 1 is 1.00 bits per heavy atom. The first kappa shape index (κ1) is 14.0. The third kappa shape index (κ3) is 25.1. The molecule has 0 radical (unpaired) electrons. The number of allylic oxidation sites excluding steroid dienone is 1. The van der Waals surface area contributed by atoms with Crippen molar-refractivity contribution in [3.8, 4) is 0 Å². The molecular formula is C9H15CdS. The zero-order chi connectivity index (χ0) is 8.95. The standard InChI is InChI=1S/C6H10S.C3H5.Cd/c1-3-5-7-6-4-2;1-3-2;/h3-4H,1-2,5-6H2;3H,1-2H2;. The van der Waals surface area contributed by atoms with Gasteiger partial charge in [0.05, 0.1) is 0 Å². The van der Waals surface area contributed by atoms with Crippen molar-refractivity contribution >= 4 is 11.8 Å². The normalized spacial score (nSPS) is 7.45. The first-order valence-corrected chi connectivity index (χ1v) is 7.54. The second-order valence-electron chi connectivity index (χ2n) is 1.69. The van der Waals surface area contributed by atoms with Crippen molar-refractivity contribution in [3.63, 3.8) is 0 Å². The topological polar surface area (TPSA) is 0 Å². The van der Waals surface area contributed by atoms with Crippen molar-refractivity contribution < 1.29 is 25.8 Å². The summed E-state index contributed by atoms with van der Waals surface area (Å²) < 4.78 is 1.25. The molecule has 0 aromatic carbocycles. The van der Waals surface area contributed by atoms with Crippen LogP contribution in [-0.2, 0) is 25.8 Å². The molecule has 0 aliphatic rings. The molecular weight excluding hydrogens is 253 g/mol. The molecule has 0 aromatic heterocycles. The molecule has 0 N–H and O–H groups in total. The average molecular weight is 268 g/mol. The van der Waals surface area contributed by atoms with Gasteiger partial charge in [-0.25, -0.2) is 0 Å². The Hall–Kier alpha value is 0.492. The SMILES string of the molecule is C=CCSCC=C.C=C[CH2][Cd]. The van der Waals surface area contributed by atoms with Crippen LogP contribution in [0.25, 0.3) is 0 Å². The van der Waals surface area contributed by atoms with E-state index in [1.54, 1.807) is 0 Å². The van der Waals surface area contributed by atoms with Gasteiger partial charge in [-0.1, -0.05) is 12.2 Å². The Labute approximate surface area is 90.5 Å². The van der Waals surface area contributed by atoms with Crippen molar-refractivity contribution in [2.45, 2.75) is 3.98 Å². The zero-order valence-electron chi connectivity index (χ0n) is 7.09. The predicted molar refractivity (Wildman–Crippen MR) is 52.7 cm³/mol. The van der Waals surface area contributed by atoms with Crippen LogP contribution in [-0.4, -0.2) is 11.5 Å². The molecule has 0 aliphatic heterocycles. The zero-order valence-corrected chi connectivity index (χ0v) is 11.9. The second kappa shape index (κ2) is 16.8. The maximum absolute atomic E-state index is 3.58. The van der Waals surface area contributed by atoms with E-state index in [0.717, 1.165) is 37.3 Å². The number of rotatable bonds is 5. The Morgan fingerprint density at radius 3 is 1.55 bits per heavy atom. The van der Waals surface area contributed by atoms with Crippen LogP contribution in [0.1, 0.15) is 0 Å². The van der Waals surface area contributed by atoms with Gasteiger partial charge in [0.25, 0.3) is 0 Å². The molecule has 0 rings (SSSR count). The Kier molecular flexibility index (Phi) is 21.5. The van der Waals surface area contributed by atoms with Gasteiger partial charge in [0.1, 0.15) is 0 Å². The van der Waals surface area contributed by atoms with E-state index in [9.17, 15) is 0 Å². The molecule has 0 heterocycles. The first-order valence-electron chi connectivity index (χ1n) is 3.53. The van der Waals surface area contributed by atoms with E-state index in [1.807, 2.05) is 30.0 Å². The molecule has 0 amide bonds. The van der Waals surface area contributed by atoms with Gasteiger partial charge in [0.15, 0.2) is 0 Å². The van der Waals surface area contributed by atoms with E-state index in [2.05, 4.69) is 19.7 Å². The molecule has 0 saturated carbocycles. The van der Waals surface area contributed by atoms with Crippen molar-refractivity contribution in [1.82, 2.24) is 0 Å². The molecule has 0 aromatic rings. The van der Waals surface area contributed by atoms with Gasteiger partial charge in [-0.3, -0.25) is 0 Å². The number of hydrogen-bond acceptors (Lipinski definition) is 1. The minimum absolute atomic E-state index is 1.03. The molecule has 0 fully saturated rings. The third-order valence-corrected chi connectivity index (χ3v) is 2.78. The average Bonchev–Trinajstić information content (AvgIpc) is 2.06. The van der Waals surface area contributed by atoms with Crippen LogP contribution >= 0.6 is 11.8 Å². The van der Waals surface area contributed by atoms with Crippen LogP contribution in [0, 0.1) is 0 Å². The summed E-state index contributed by atoms with van der Waals surface area (Å²) in [6.45, 7) is 10.7. The van der Waals surface area contributed by atoms with Gasteiger partial charge >= 0.3 is 42.4 Å². The summed E-state index contributed by atoms with van der Waals surface area (Å²) in [6.07, 6.45) is 5.74. The molecule has 2 heteroatoms. The van der Waals surface area contributed by atoms with Gasteiger partial charge in [-0.15, -0.1) is 13.2 Å².